The number of nitrogens with zero attached hydrogens (tertiary/aromatic N) is 10. The molecule has 0 aliphatic carbocycles. The Kier molecular flexibility index (Phi) is 22.3. The number of hydrogen-bond acceptors (Lipinski definition) is 21. The van der Waals surface area contributed by atoms with Gasteiger partial charge in [-0.15, -0.1) is 64.6 Å². The monoisotopic (exact) mass is 1440 g/mol. The number of para-hydroxylation sites is 1. The largest absolute Gasteiger partial charge is 0.443 e. The summed E-state index contributed by atoms with van der Waals surface area (Å²) in [6, 6.07) is 41.5. The van der Waals surface area contributed by atoms with E-state index in [2.05, 4.69) is 41.2 Å². The molecule has 0 bridgehead atoms. The number of rotatable bonds is 21. The summed E-state index contributed by atoms with van der Waals surface area (Å²) in [6.45, 7) is 17.3. The molecule has 30 heteroatoms. The average molecular weight is 1450 g/mol. The number of thiophene rings is 3. The Morgan fingerprint density at radius 2 is 1.03 bits per heavy atom. The van der Waals surface area contributed by atoms with E-state index < -0.39 is 63.6 Å². The molecule has 98 heavy (non-hydrogen) atoms. The number of alkyl halides is 3. The van der Waals surface area contributed by atoms with E-state index in [4.69, 9.17) is 14.2 Å². The number of carbonyl (C=O) groups is 6. The average Bonchev–Trinajstić information content (AvgIpc) is 1.67. The molecule has 10 aromatic rings. The van der Waals surface area contributed by atoms with Crippen molar-refractivity contribution < 1.29 is 56.1 Å². The quantitative estimate of drug-likeness (QED) is 0.0501. The number of aromatic nitrogens is 9. The molecule has 510 valence electrons. The van der Waals surface area contributed by atoms with Gasteiger partial charge in [0.1, 0.15) is 16.8 Å². The number of carbonyl (C=O) groups excluding carboxylic acids is 6. The molecular formula is C68H67F3N12O9S6. The van der Waals surface area contributed by atoms with Crippen LogP contribution in [0.3, 0.4) is 0 Å². The summed E-state index contributed by atoms with van der Waals surface area (Å²) in [5.41, 5.74) is 0.154. The normalized spacial score (nSPS) is 12.6. The third kappa shape index (κ3) is 18.2. The first kappa shape index (κ1) is 71.8. The maximum atomic E-state index is 15.3. The highest BCUT2D eigenvalue weighted by molar-refractivity contribution is 8.00. The summed E-state index contributed by atoms with van der Waals surface area (Å²) >= 11 is 6.06. The number of imide groups is 1. The van der Waals surface area contributed by atoms with E-state index in [9.17, 15) is 28.8 Å². The smallest absolute Gasteiger partial charge is 0.422 e. The van der Waals surface area contributed by atoms with Crippen LogP contribution in [0.5, 0.6) is 0 Å². The number of ether oxygens (including phenoxy) is 3. The fraction of sp³-hybridized carbons (Fsp3) is 0.294. The number of amides is 4. The lowest BCUT2D eigenvalue weighted by molar-refractivity contribution is -0.146. The summed E-state index contributed by atoms with van der Waals surface area (Å²) in [5, 5.41) is 29.9. The van der Waals surface area contributed by atoms with Crippen LogP contribution in [-0.2, 0) is 35.1 Å². The second kappa shape index (κ2) is 30.4. The van der Waals surface area contributed by atoms with Crippen molar-refractivity contribution in [2.75, 3.05) is 21.3 Å². The fourth-order valence-corrected chi connectivity index (χ4v) is 14.8. The molecular weight excluding hydrogens is 1380 g/mol. The minimum atomic E-state index is -5.06. The van der Waals surface area contributed by atoms with E-state index in [-0.39, 0.29) is 74.3 Å². The highest BCUT2D eigenvalue weighted by atomic mass is 32.2. The summed E-state index contributed by atoms with van der Waals surface area (Å²) in [5.74, 6) is -2.05. The molecule has 6 heterocycles. The molecule has 10 rings (SSSR count). The third-order valence-corrected chi connectivity index (χ3v) is 20.1. The molecule has 2 unspecified atom stereocenters. The number of nitrogens with one attached hydrogen (secondary N) is 2. The van der Waals surface area contributed by atoms with E-state index >= 15 is 13.2 Å². The lowest BCUT2D eigenvalue weighted by Crippen LogP contribution is -2.42. The highest BCUT2D eigenvalue weighted by Gasteiger charge is 2.47. The fourth-order valence-electron chi connectivity index (χ4n) is 9.37. The van der Waals surface area contributed by atoms with Crippen LogP contribution < -0.4 is 15.5 Å². The number of hydrogen-bond donors (Lipinski definition) is 2. The lowest BCUT2D eigenvalue weighted by atomic mass is 10.1. The van der Waals surface area contributed by atoms with Gasteiger partial charge in [-0.3, -0.25) is 19.0 Å². The molecule has 2 N–H and O–H groups in total. The summed E-state index contributed by atoms with van der Waals surface area (Å²) in [4.78, 5) is 87.1. The number of anilines is 3. The molecule has 6 aromatic heterocycles. The Morgan fingerprint density at radius 3 is 1.59 bits per heavy atom. The molecule has 0 aliphatic heterocycles. The standard InChI is InChI=1S/C68H67F3N12O9S6/c1-11-19-51(57(85)72-43-22-16-13-17-23-43)97-61-79-76-56(83(61)64(89)92-67(8,9)10)50-36-34-46(96-50)41-25-29-44(30-26-41)73-58(86)53(68(69,70)71)98-59-77-74-54(80(59)38-40-20-14-12-15-21-40)49-35-33-47(95-49)42-27-31-45(32-28-42)81(62(87)90-65(2,3)4)52(84)39-94-60-78-75-55(48-24-18-37-93-48)82(60)63(88)91-66(5,6)7/h12-18,20-37,51,53H,11,19,38-39H2,1-10H3,(H,72,85)(H,73,86). The maximum absolute atomic E-state index is 15.3. The zero-order valence-corrected chi connectivity index (χ0v) is 59.5. The summed E-state index contributed by atoms with van der Waals surface area (Å²) < 4.78 is 66.9. The molecule has 4 aromatic carbocycles. The number of halogens is 3. The summed E-state index contributed by atoms with van der Waals surface area (Å²) in [6.07, 6.45) is -6.37. The van der Waals surface area contributed by atoms with Crippen LogP contribution in [0.1, 0.15) is 87.6 Å². The molecule has 0 saturated heterocycles. The van der Waals surface area contributed by atoms with Gasteiger partial charge in [0.2, 0.25) is 28.0 Å². The van der Waals surface area contributed by atoms with Crippen molar-refractivity contribution in [3.8, 4) is 53.0 Å². The Balaban J connectivity index is 0.853. The first-order valence-corrected chi connectivity index (χ1v) is 35.8. The highest BCUT2D eigenvalue weighted by Crippen LogP contribution is 2.42. The Hall–Kier alpha value is -8.94. The van der Waals surface area contributed by atoms with Gasteiger partial charge >= 0.3 is 24.5 Å². The van der Waals surface area contributed by atoms with Gasteiger partial charge in [0.15, 0.2) is 27.9 Å². The number of benzene rings is 4. The van der Waals surface area contributed by atoms with Crippen LogP contribution in [-0.4, -0.2) is 120 Å². The van der Waals surface area contributed by atoms with Crippen LogP contribution in [0.25, 0.3) is 53.0 Å². The Labute approximate surface area is 587 Å². The van der Waals surface area contributed by atoms with Crippen LogP contribution in [0.4, 0.5) is 44.6 Å². The van der Waals surface area contributed by atoms with Crippen LogP contribution in [0.2, 0.25) is 0 Å². The molecule has 2 atom stereocenters. The van der Waals surface area contributed by atoms with E-state index in [1.54, 1.807) is 159 Å². The first-order chi connectivity index (χ1) is 46.5. The minimum Gasteiger partial charge on any atom is -0.443 e. The van der Waals surface area contributed by atoms with Crippen molar-refractivity contribution in [1.29, 1.82) is 0 Å². The summed E-state index contributed by atoms with van der Waals surface area (Å²) in [7, 11) is 0. The predicted molar refractivity (Wildman–Crippen MR) is 378 cm³/mol. The Morgan fingerprint density at radius 1 is 0.531 bits per heavy atom. The van der Waals surface area contributed by atoms with Gasteiger partial charge in [-0.1, -0.05) is 127 Å². The van der Waals surface area contributed by atoms with Crippen molar-refractivity contribution in [3.63, 3.8) is 0 Å². The molecule has 0 spiro atoms. The molecule has 4 amide bonds. The molecule has 0 radical (unpaired) electrons. The zero-order valence-electron chi connectivity index (χ0n) is 54.6. The van der Waals surface area contributed by atoms with Gasteiger partial charge in [0.05, 0.1) is 37.9 Å². The van der Waals surface area contributed by atoms with Crippen molar-refractivity contribution in [2.45, 2.75) is 138 Å². The van der Waals surface area contributed by atoms with Crippen molar-refractivity contribution in [3.05, 3.63) is 157 Å². The van der Waals surface area contributed by atoms with Gasteiger partial charge in [0, 0.05) is 21.1 Å². The van der Waals surface area contributed by atoms with Gasteiger partial charge < -0.3 is 24.8 Å². The van der Waals surface area contributed by atoms with E-state index in [0.29, 0.717) is 54.0 Å². The van der Waals surface area contributed by atoms with Crippen LogP contribution in [0.15, 0.2) is 166 Å². The zero-order chi connectivity index (χ0) is 70.3. The van der Waals surface area contributed by atoms with E-state index in [1.165, 1.54) is 59.8 Å². The predicted octanol–water partition coefficient (Wildman–Crippen LogP) is 17.2. The number of thioether (sulfide) groups is 3. The lowest BCUT2D eigenvalue weighted by Gasteiger charge is -2.26. The molecule has 0 saturated carbocycles. The van der Waals surface area contributed by atoms with Crippen molar-refractivity contribution in [1.82, 2.24) is 44.3 Å². The van der Waals surface area contributed by atoms with Crippen LogP contribution >= 0.6 is 69.3 Å². The van der Waals surface area contributed by atoms with Crippen molar-refractivity contribution >= 4 is 122 Å². The maximum Gasteiger partial charge on any atom is 0.422 e. The van der Waals surface area contributed by atoms with Gasteiger partial charge in [-0.25, -0.2) is 28.4 Å². The van der Waals surface area contributed by atoms with E-state index in [1.807, 2.05) is 48.7 Å². The molecule has 21 nitrogen and oxygen atoms in total. The Bertz CT molecular complexity index is 4460. The second-order valence-corrected chi connectivity index (χ2v) is 31.1. The second-order valence-electron chi connectivity index (χ2n) is 24.8. The van der Waals surface area contributed by atoms with Crippen molar-refractivity contribution in [2.24, 2.45) is 0 Å². The van der Waals surface area contributed by atoms with Gasteiger partial charge in [-0.05, 0) is 158 Å². The van der Waals surface area contributed by atoms with Gasteiger partial charge in [0.25, 0.3) is 0 Å². The minimum absolute atomic E-state index is 0.0421. The van der Waals surface area contributed by atoms with Gasteiger partial charge in [-0.2, -0.15) is 13.2 Å². The molecule has 0 fully saturated rings. The molecule has 0 aliphatic rings. The van der Waals surface area contributed by atoms with Crippen LogP contribution in [0, 0.1) is 0 Å². The topological polar surface area (TPSA) is 250 Å². The van der Waals surface area contributed by atoms with E-state index in [0.717, 1.165) is 34.0 Å². The third-order valence-electron chi connectivity index (χ3n) is 13.6. The first-order valence-electron chi connectivity index (χ1n) is 30.5. The SMILES string of the molecule is CCCC(Sc1nnc(-c2ccc(-c3ccc(NC(=O)C(Sc4nnc(-c5ccc(-c6ccc(N(C(=O)CSc7nnc(-c8cccs8)n7C(=O)OC(C)(C)C)C(=O)OC(C)(C)C)cc6)s5)n4Cc4ccccc4)C(F)(F)F)cc3)s2)n1C(=O)OC(C)(C)C)C(=O)Nc1ccccc1.